The minimum absolute atomic E-state index is 0.190. The van der Waals surface area contributed by atoms with E-state index < -0.39 is 5.60 Å². The lowest BCUT2D eigenvalue weighted by Gasteiger charge is -2.52. The molecule has 0 radical (unpaired) electrons. The van der Waals surface area contributed by atoms with Crippen LogP contribution in [0.1, 0.15) is 95.8 Å². The highest BCUT2D eigenvalue weighted by atomic mass is 16.6. The number of ether oxygens (including phenoxy) is 1. The molecule has 4 aliphatic carbocycles. The second-order valence-corrected chi connectivity index (χ2v) is 12.3. The van der Waals surface area contributed by atoms with Crippen LogP contribution in [-0.4, -0.2) is 22.9 Å². The van der Waals surface area contributed by atoms with E-state index in [1.54, 1.807) is 23.3 Å². The summed E-state index contributed by atoms with van der Waals surface area (Å²) in [5, 5.41) is 14.3. The molecule has 0 saturated heterocycles. The summed E-state index contributed by atoms with van der Waals surface area (Å²) in [4.78, 5) is 18.8. The first kappa shape index (κ1) is 24.8. The first-order valence-electron chi connectivity index (χ1n) is 13.5. The third-order valence-electron chi connectivity index (χ3n) is 9.14. The SMILES string of the molecule is CC(C)(C)O/N=C1/C=C2CC[C@@H]3C(=C2CC1)CC[C@@]1(C)[C@H]3CC[C@]1(CC#N)OC(=O)c1ccccc1. The maximum Gasteiger partial charge on any atom is 0.338 e. The largest absolute Gasteiger partial charge is 0.454 e. The Morgan fingerprint density at radius 2 is 1.89 bits per heavy atom. The van der Waals surface area contributed by atoms with Crippen molar-refractivity contribution in [3.05, 3.63) is 58.7 Å². The van der Waals surface area contributed by atoms with E-state index >= 15 is 0 Å². The molecule has 5 nitrogen and oxygen atoms in total. The Labute approximate surface area is 215 Å². The van der Waals surface area contributed by atoms with Crippen molar-refractivity contribution in [2.75, 3.05) is 0 Å². The van der Waals surface area contributed by atoms with Crippen LogP contribution in [0.25, 0.3) is 0 Å². The molecular weight excluding hydrogens is 448 g/mol. The van der Waals surface area contributed by atoms with Crippen molar-refractivity contribution in [3.8, 4) is 6.07 Å². The predicted molar refractivity (Wildman–Crippen MR) is 140 cm³/mol. The van der Waals surface area contributed by atoms with Crippen molar-refractivity contribution in [2.45, 2.75) is 96.7 Å². The Hall–Kier alpha value is -2.87. The molecule has 36 heavy (non-hydrogen) atoms. The third kappa shape index (κ3) is 4.29. The zero-order valence-electron chi connectivity index (χ0n) is 22.1. The summed E-state index contributed by atoms with van der Waals surface area (Å²) in [5.41, 5.74) is 5.01. The van der Waals surface area contributed by atoms with Crippen molar-refractivity contribution < 1.29 is 14.4 Å². The van der Waals surface area contributed by atoms with Crippen LogP contribution in [0.15, 0.2) is 58.3 Å². The van der Waals surface area contributed by atoms with Gasteiger partial charge in [-0.3, -0.25) is 0 Å². The molecular formula is C31H38N2O3. The fourth-order valence-electron chi connectivity index (χ4n) is 7.34. The highest BCUT2D eigenvalue weighted by molar-refractivity contribution is 5.97. The molecule has 0 amide bonds. The second-order valence-electron chi connectivity index (χ2n) is 12.3. The molecule has 0 N–H and O–H groups in total. The molecule has 1 aromatic rings. The van der Waals surface area contributed by atoms with Crippen molar-refractivity contribution >= 4 is 11.7 Å². The van der Waals surface area contributed by atoms with E-state index in [0.29, 0.717) is 17.4 Å². The fourth-order valence-corrected chi connectivity index (χ4v) is 7.34. The van der Waals surface area contributed by atoms with Gasteiger partial charge in [0.2, 0.25) is 0 Å². The number of allylic oxidation sites excluding steroid dienone is 4. The van der Waals surface area contributed by atoms with E-state index in [2.05, 4.69) is 24.2 Å². The molecule has 2 saturated carbocycles. The Bertz CT molecular complexity index is 1170. The number of carbonyl (C=O) groups excluding carboxylic acids is 1. The van der Waals surface area contributed by atoms with Crippen LogP contribution in [0.5, 0.6) is 0 Å². The monoisotopic (exact) mass is 486 g/mol. The summed E-state index contributed by atoms with van der Waals surface area (Å²) >= 11 is 0. The van der Waals surface area contributed by atoms with Crippen LogP contribution in [-0.2, 0) is 9.57 Å². The van der Waals surface area contributed by atoms with Gasteiger partial charge >= 0.3 is 5.97 Å². The van der Waals surface area contributed by atoms with Gasteiger partial charge in [-0.1, -0.05) is 35.9 Å². The van der Waals surface area contributed by atoms with Gasteiger partial charge in [-0.15, -0.1) is 0 Å². The summed E-state index contributed by atoms with van der Waals surface area (Å²) in [6, 6.07) is 11.6. The smallest absolute Gasteiger partial charge is 0.338 e. The molecule has 1 aromatic carbocycles. The van der Waals surface area contributed by atoms with Gasteiger partial charge in [-0.2, -0.15) is 5.26 Å². The zero-order valence-corrected chi connectivity index (χ0v) is 22.1. The quantitative estimate of drug-likeness (QED) is 0.330. The fraction of sp³-hybridized carbons (Fsp3) is 0.581. The summed E-state index contributed by atoms with van der Waals surface area (Å²) < 4.78 is 6.33. The van der Waals surface area contributed by atoms with Crippen molar-refractivity contribution in [1.82, 2.24) is 0 Å². The van der Waals surface area contributed by atoms with Gasteiger partial charge in [0, 0.05) is 5.41 Å². The van der Waals surface area contributed by atoms with Gasteiger partial charge in [-0.05, 0) is 113 Å². The molecule has 0 spiro atoms. The lowest BCUT2D eigenvalue weighted by molar-refractivity contribution is -0.0994. The predicted octanol–water partition coefficient (Wildman–Crippen LogP) is 7.30. The average molecular weight is 487 g/mol. The van der Waals surface area contributed by atoms with Gasteiger partial charge in [0.1, 0.15) is 11.2 Å². The summed E-state index contributed by atoms with van der Waals surface area (Å²) in [6.07, 6.45) is 10.4. The Balaban J connectivity index is 1.41. The van der Waals surface area contributed by atoms with Crippen molar-refractivity contribution in [1.29, 1.82) is 5.26 Å². The Morgan fingerprint density at radius 1 is 1.11 bits per heavy atom. The lowest BCUT2D eigenvalue weighted by atomic mass is 9.54. The number of nitriles is 1. The van der Waals surface area contributed by atoms with Gasteiger partial charge in [-0.25, -0.2) is 4.79 Å². The van der Waals surface area contributed by atoms with E-state index in [1.807, 2.05) is 39.0 Å². The second kappa shape index (κ2) is 9.21. The minimum Gasteiger partial charge on any atom is -0.454 e. The number of benzene rings is 1. The van der Waals surface area contributed by atoms with E-state index in [4.69, 9.17) is 9.57 Å². The van der Waals surface area contributed by atoms with E-state index in [9.17, 15) is 10.1 Å². The van der Waals surface area contributed by atoms with Gasteiger partial charge in [0.15, 0.2) is 0 Å². The molecule has 0 heterocycles. The summed E-state index contributed by atoms with van der Waals surface area (Å²) in [5.74, 6) is 0.644. The first-order valence-corrected chi connectivity index (χ1v) is 13.5. The van der Waals surface area contributed by atoms with E-state index in [-0.39, 0.29) is 23.4 Å². The van der Waals surface area contributed by atoms with E-state index in [1.165, 1.54) is 5.57 Å². The molecule has 0 unspecified atom stereocenters. The number of oxime groups is 1. The van der Waals surface area contributed by atoms with Crippen LogP contribution >= 0.6 is 0 Å². The van der Waals surface area contributed by atoms with Crippen molar-refractivity contribution in [2.24, 2.45) is 22.4 Å². The van der Waals surface area contributed by atoms with Crippen LogP contribution in [0, 0.1) is 28.6 Å². The van der Waals surface area contributed by atoms with Gasteiger partial charge < -0.3 is 9.57 Å². The van der Waals surface area contributed by atoms with E-state index in [0.717, 1.165) is 57.1 Å². The molecule has 4 aliphatic rings. The molecule has 5 heteroatoms. The number of fused-ring (bicyclic) bond motifs is 4. The molecule has 0 bridgehead atoms. The highest BCUT2D eigenvalue weighted by Crippen LogP contribution is 2.65. The van der Waals surface area contributed by atoms with Gasteiger partial charge in [0.25, 0.3) is 0 Å². The van der Waals surface area contributed by atoms with Crippen LogP contribution in [0.3, 0.4) is 0 Å². The number of hydrogen-bond donors (Lipinski definition) is 0. The van der Waals surface area contributed by atoms with Gasteiger partial charge in [0.05, 0.1) is 23.8 Å². The molecule has 2 fully saturated rings. The lowest BCUT2D eigenvalue weighted by Crippen LogP contribution is -2.52. The number of carbonyl (C=O) groups is 1. The highest BCUT2D eigenvalue weighted by Gasteiger charge is 2.63. The number of nitrogens with zero attached hydrogens (tertiary/aromatic N) is 2. The third-order valence-corrected chi connectivity index (χ3v) is 9.14. The number of rotatable bonds is 4. The standard InChI is InChI=1S/C31H38N2O3/c1-29(2,3)36-33-23-11-13-24-22(20-23)10-12-26-25(24)14-16-30(4)27(26)15-17-31(30,18-19-32)35-28(34)21-8-6-5-7-9-21/h5-9,20,26-27H,10-18H2,1-4H3/b33-23+/t26-,27+,30+,31-/m1/s1. The maximum atomic E-state index is 13.1. The first-order chi connectivity index (χ1) is 17.2. The number of hydrogen-bond acceptors (Lipinski definition) is 5. The minimum atomic E-state index is -0.720. The Kier molecular flexibility index (Phi) is 6.35. The molecule has 190 valence electrons. The number of esters is 1. The van der Waals surface area contributed by atoms with Crippen LogP contribution < -0.4 is 0 Å². The normalized spacial score (nSPS) is 32.6. The molecule has 4 atom stereocenters. The van der Waals surface area contributed by atoms with Crippen LogP contribution in [0.4, 0.5) is 0 Å². The molecule has 0 aromatic heterocycles. The molecule has 0 aliphatic heterocycles. The molecule has 5 rings (SSSR count). The summed E-state index contributed by atoms with van der Waals surface area (Å²) in [6.45, 7) is 8.36. The summed E-state index contributed by atoms with van der Waals surface area (Å²) in [7, 11) is 0. The van der Waals surface area contributed by atoms with Crippen molar-refractivity contribution in [3.63, 3.8) is 0 Å². The average Bonchev–Trinajstić information content (AvgIpc) is 3.14. The topological polar surface area (TPSA) is 71.7 Å². The van der Waals surface area contributed by atoms with Crippen LogP contribution in [0.2, 0.25) is 0 Å². The Morgan fingerprint density at radius 3 is 2.61 bits per heavy atom. The maximum absolute atomic E-state index is 13.1. The zero-order chi connectivity index (χ0) is 25.6.